The van der Waals surface area contributed by atoms with Crippen LogP contribution in [0.5, 0.6) is 5.75 Å². The van der Waals surface area contributed by atoms with Crippen molar-refractivity contribution in [2.45, 2.75) is 39.7 Å². The summed E-state index contributed by atoms with van der Waals surface area (Å²) in [6, 6.07) is 7.60. The van der Waals surface area contributed by atoms with Crippen LogP contribution in [0.15, 0.2) is 35.6 Å². The van der Waals surface area contributed by atoms with Gasteiger partial charge in [-0.2, -0.15) is 0 Å². The van der Waals surface area contributed by atoms with Gasteiger partial charge >= 0.3 is 11.9 Å². The van der Waals surface area contributed by atoms with Gasteiger partial charge in [-0.25, -0.2) is 4.79 Å². The number of hydrogen-bond acceptors (Lipinski definition) is 6. The van der Waals surface area contributed by atoms with E-state index in [2.05, 4.69) is 5.32 Å². The summed E-state index contributed by atoms with van der Waals surface area (Å²) in [7, 11) is 1.32. The zero-order valence-electron chi connectivity index (χ0n) is 15.8. The maximum Gasteiger partial charge on any atom is 0.337 e. The van der Waals surface area contributed by atoms with Crippen molar-refractivity contribution in [2.75, 3.05) is 20.2 Å². The molecule has 1 aromatic carbocycles. The second-order valence-corrected chi connectivity index (χ2v) is 6.64. The van der Waals surface area contributed by atoms with Gasteiger partial charge in [0.25, 0.3) is 0 Å². The van der Waals surface area contributed by atoms with Crippen molar-refractivity contribution in [1.82, 2.24) is 5.32 Å². The van der Waals surface area contributed by atoms with Crippen LogP contribution in [0.3, 0.4) is 0 Å². The number of carbonyl (C=O) groups is 2. The van der Waals surface area contributed by atoms with Gasteiger partial charge in [0.2, 0.25) is 0 Å². The molecule has 0 spiro atoms. The molecule has 0 saturated carbocycles. The van der Waals surface area contributed by atoms with Crippen molar-refractivity contribution in [3.63, 3.8) is 0 Å². The zero-order valence-corrected chi connectivity index (χ0v) is 15.8. The fourth-order valence-corrected chi connectivity index (χ4v) is 2.88. The van der Waals surface area contributed by atoms with Crippen LogP contribution in [0, 0.1) is 5.92 Å². The molecule has 0 aromatic heterocycles. The fourth-order valence-electron chi connectivity index (χ4n) is 2.88. The Labute approximate surface area is 154 Å². The molecule has 6 nitrogen and oxygen atoms in total. The molecule has 6 heteroatoms. The average Bonchev–Trinajstić information content (AvgIpc) is 3.11. The van der Waals surface area contributed by atoms with Gasteiger partial charge in [-0.05, 0) is 30.7 Å². The third-order valence-electron chi connectivity index (χ3n) is 4.13. The van der Waals surface area contributed by atoms with Crippen molar-refractivity contribution >= 4 is 11.9 Å². The molecular formula is C20H27NO5. The van der Waals surface area contributed by atoms with E-state index in [1.807, 2.05) is 38.1 Å². The minimum absolute atomic E-state index is 0.120. The van der Waals surface area contributed by atoms with Crippen molar-refractivity contribution in [1.29, 1.82) is 0 Å². The first kappa shape index (κ1) is 20.0. The van der Waals surface area contributed by atoms with Crippen LogP contribution in [0.4, 0.5) is 0 Å². The van der Waals surface area contributed by atoms with Crippen LogP contribution in [0.25, 0.3) is 0 Å². The van der Waals surface area contributed by atoms with E-state index in [1.54, 1.807) is 0 Å². The lowest BCUT2D eigenvalue weighted by Gasteiger charge is -2.17. The van der Waals surface area contributed by atoms with Crippen LogP contribution < -0.4 is 10.1 Å². The molecule has 26 heavy (non-hydrogen) atoms. The number of benzene rings is 1. The summed E-state index contributed by atoms with van der Waals surface area (Å²) >= 11 is 0. The van der Waals surface area contributed by atoms with Gasteiger partial charge in [0.1, 0.15) is 17.6 Å². The first-order valence-electron chi connectivity index (χ1n) is 8.86. The summed E-state index contributed by atoms with van der Waals surface area (Å²) in [6.45, 7) is 6.89. The minimum atomic E-state index is -0.493. The lowest BCUT2D eigenvalue weighted by atomic mass is 9.99. The maximum atomic E-state index is 12.2. The topological polar surface area (TPSA) is 73.9 Å². The minimum Gasteiger partial charge on any atom is -0.489 e. The van der Waals surface area contributed by atoms with Gasteiger partial charge in [0.05, 0.1) is 12.7 Å². The Balaban J connectivity index is 2.19. The van der Waals surface area contributed by atoms with Crippen LogP contribution in [-0.4, -0.2) is 38.2 Å². The smallest absolute Gasteiger partial charge is 0.337 e. The number of allylic oxidation sites excluding steroid dienone is 1. The van der Waals surface area contributed by atoms with Crippen molar-refractivity contribution < 1.29 is 23.8 Å². The highest BCUT2D eigenvalue weighted by atomic mass is 16.5. The standard InChI is InChI=1S/C20H27NO5/c1-13(2)19(25-14(3)22)18(20(23)24-4)11-15-5-7-16(8-6-15)26-17-9-10-21-12-17/h5-8,13,17,21H,9-12H2,1-4H3. The lowest BCUT2D eigenvalue weighted by molar-refractivity contribution is -0.139. The van der Waals surface area contributed by atoms with Gasteiger partial charge in [-0.15, -0.1) is 0 Å². The highest BCUT2D eigenvalue weighted by Crippen LogP contribution is 2.23. The third-order valence-corrected chi connectivity index (χ3v) is 4.13. The van der Waals surface area contributed by atoms with E-state index in [-0.39, 0.29) is 12.0 Å². The van der Waals surface area contributed by atoms with E-state index >= 15 is 0 Å². The molecule has 0 bridgehead atoms. The highest BCUT2D eigenvalue weighted by molar-refractivity contribution is 5.90. The molecule has 1 fully saturated rings. The molecule has 0 aliphatic carbocycles. The molecule has 1 atom stereocenters. The van der Waals surface area contributed by atoms with Gasteiger partial charge in [-0.3, -0.25) is 4.79 Å². The molecule has 0 radical (unpaired) electrons. The molecule has 0 amide bonds. The molecule has 1 aliphatic rings. The van der Waals surface area contributed by atoms with Crippen molar-refractivity contribution in [3.8, 4) is 5.75 Å². The Bertz CT molecular complexity index is 657. The summed E-state index contributed by atoms with van der Waals surface area (Å²) in [6.07, 6.45) is 1.51. The molecule has 1 unspecified atom stereocenters. The summed E-state index contributed by atoms with van der Waals surface area (Å²) in [5.74, 6) is 0.0821. The molecule has 1 heterocycles. The fraction of sp³-hybridized carbons (Fsp3) is 0.500. The molecule has 142 valence electrons. The Kier molecular flexibility index (Phi) is 7.21. The molecule has 1 N–H and O–H groups in total. The normalized spacial score (nSPS) is 17.7. The number of esters is 2. The van der Waals surface area contributed by atoms with Crippen LogP contribution in [-0.2, 0) is 25.5 Å². The highest BCUT2D eigenvalue weighted by Gasteiger charge is 2.22. The number of rotatable bonds is 7. The lowest BCUT2D eigenvalue weighted by Crippen LogP contribution is -2.19. The SMILES string of the molecule is COC(=O)C(Cc1ccc(OC2CCNC2)cc1)=C(OC(C)=O)C(C)C. The Morgan fingerprint density at radius 2 is 1.92 bits per heavy atom. The number of nitrogens with one attached hydrogen (secondary N) is 1. The second-order valence-electron chi connectivity index (χ2n) is 6.64. The largest absolute Gasteiger partial charge is 0.489 e. The molecule has 2 rings (SSSR count). The van der Waals surface area contributed by atoms with Crippen LogP contribution in [0.1, 0.15) is 32.8 Å². The predicted octanol–water partition coefficient (Wildman–Crippen LogP) is 2.62. The number of methoxy groups -OCH3 is 1. The summed E-state index contributed by atoms with van der Waals surface area (Å²) in [5.41, 5.74) is 1.26. The van der Waals surface area contributed by atoms with E-state index in [1.165, 1.54) is 14.0 Å². The summed E-state index contributed by atoms with van der Waals surface area (Å²) in [4.78, 5) is 23.6. The monoisotopic (exact) mass is 361 g/mol. The van der Waals surface area contributed by atoms with Gasteiger partial charge in [-0.1, -0.05) is 26.0 Å². The molecule has 1 aliphatic heterocycles. The number of ether oxygens (including phenoxy) is 3. The molecular weight excluding hydrogens is 334 g/mol. The van der Waals surface area contributed by atoms with E-state index in [9.17, 15) is 9.59 Å². The van der Waals surface area contributed by atoms with Crippen molar-refractivity contribution in [2.24, 2.45) is 5.92 Å². The van der Waals surface area contributed by atoms with Crippen LogP contribution >= 0.6 is 0 Å². The quantitative estimate of drug-likeness (QED) is 0.457. The number of carbonyl (C=O) groups excluding carboxylic acids is 2. The van der Waals surface area contributed by atoms with E-state index < -0.39 is 11.9 Å². The first-order chi connectivity index (χ1) is 12.4. The van der Waals surface area contributed by atoms with Crippen LogP contribution in [0.2, 0.25) is 0 Å². The number of hydrogen-bond donors (Lipinski definition) is 1. The van der Waals surface area contributed by atoms with E-state index in [4.69, 9.17) is 14.2 Å². The summed E-state index contributed by atoms with van der Waals surface area (Å²) in [5, 5.41) is 3.26. The van der Waals surface area contributed by atoms with Gasteiger partial charge < -0.3 is 19.5 Å². The predicted molar refractivity (Wildman–Crippen MR) is 97.7 cm³/mol. The molecule has 1 saturated heterocycles. The maximum absolute atomic E-state index is 12.2. The Morgan fingerprint density at radius 3 is 2.42 bits per heavy atom. The van der Waals surface area contributed by atoms with Crippen molar-refractivity contribution in [3.05, 3.63) is 41.2 Å². The van der Waals surface area contributed by atoms with Gasteiger partial charge in [0.15, 0.2) is 0 Å². The Hall–Kier alpha value is -2.34. The summed E-state index contributed by atoms with van der Waals surface area (Å²) < 4.78 is 16.1. The van der Waals surface area contributed by atoms with Gasteiger partial charge in [0, 0.05) is 25.8 Å². The molecule has 1 aromatic rings. The first-order valence-corrected chi connectivity index (χ1v) is 8.86. The van der Waals surface area contributed by atoms with E-state index in [0.29, 0.717) is 17.8 Å². The average molecular weight is 361 g/mol. The van der Waals surface area contributed by atoms with E-state index in [0.717, 1.165) is 30.8 Å². The zero-order chi connectivity index (χ0) is 19.1. The second kappa shape index (κ2) is 9.38. The Morgan fingerprint density at radius 1 is 1.23 bits per heavy atom. The third kappa shape index (κ3) is 5.59.